The van der Waals surface area contributed by atoms with Crippen molar-refractivity contribution in [3.05, 3.63) is 45.5 Å². The summed E-state index contributed by atoms with van der Waals surface area (Å²) in [6.45, 7) is 12.4. The minimum atomic E-state index is -5.21. The predicted octanol–water partition coefficient (Wildman–Crippen LogP) is 1.80. The highest BCUT2D eigenvalue weighted by Crippen LogP contribution is 2.25. The van der Waals surface area contributed by atoms with Gasteiger partial charge in [0.05, 0.1) is 5.69 Å². The molecule has 1 aliphatic heterocycles. The number of carbonyl (C=O) groups excluding carboxylic acids is 4. The molecule has 21 nitrogen and oxygen atoms in total. The van der Waals surface area contributed by atoms with Gasteiger partial charge in [0.1, 0.15) is 34.8 Å². The van der Waals surface area contributed by atoms with Crippen LogP contribution in [-0.4, -0.2) is 90.9 Å². The van der Waals surface area contributed by atoms with Gasteiger partial charge in [-0.25, -0.2) is 20.1 Å². The normalized spacial score (nSPS) is 17.2. The Bertz CT molecular complexity index is 1940. The number of hydrogen-bond acceptors (Lipinski definition) is 17. The summed E-state index contributed by atoms with van der Waals surface area (Å²) < 4.78 is 44.3. The smallest absolute Gasteiger partial charge is 0.413 e. The van der Waals surface area contributed by atoms with Crippen LogP contribution in [0.5, 0.6) is 5.75 Å². The number of aromatic hydroxyl groups is 1. The molecule has 0 aliphatic carbocycles. The molecular weight excluding hydrogens is 718 g/mol. The number of nitrogens with one attached hydrogen (secondary N) is 5. The van der Waals surface area contributed by atoms with E-state index in [1.54, 1.807) is 41.5 Å². The third kappa shape index (κ3) is 10.5. The van der Waals surface area contributed by atoms with Crippen molar-refractivity contribution < 1.29 is 51.6 Å². The molecule has 0 aromatic carbocycles. The van der Waals surface area contributed by atoms with E-state index in [9.17, 15) is 42.0 Å². The van der Waals surface area contributed by atoms with E-state index >= 15 is 0 Å². The first-order valence-electron chi connectivity index (χ1n) is 14.7. The van der Waals surface area contributed by atoms with Crippen LogP contribution >= 0.6 is 11.3 Å². The summed E-state index contributed by atoms with van der Waals surface area (Å²) in [5.41, 5.74) is 1.77. The Hall–Kier alpha value is -5.42. The molecule has 2 aromatic rings. The zero-order valence-corrected chi connectivity index (χ0v) is 30.2. The second-order valence-corrected chi connectivity index (χ2v) is 15.3. The summed E-state index contributed by atoms with van der Waals surface area (Å²) in [4.78, 5) is 75.6. The maximum Gasteiger partial charge on any atom is 0.413 e. The number of thiazole rings is 1. The predicted molar refractivity (Wildman–Crippen MR) is 179 cm³/mol. The van der Waals surface area contributed by atoms with Crippen molar-refractivity contribution in [2.24, 2.45) is 10.3 Å². The van der Waals surface area contributed by atoms with Gasteiger partial charge in [0.15, 0.2) is 16.6 Å². The van der Waals surface area contributed by atoms with Gasteiger partial charge in [0.2, 0.25) is 11.0 Å². The number of anilines is 1. The van der Waals surface area contributed by atoms with E-state index in [-0.39, 0.29) is 26.5 Å². The molecule has 51 heavy (non-hydrogen) atoms. The van der Waals surface area contributed by atoms with Crippen LogP contribution in [0.25, 0.3) is 5.70 Å². The fourth-order valence-electron chi connectivity index (χ4n) is 3.81. The lowest BCUT2D eigenvalue weighted by molar-refractivity contribution is -0.179. The fourth-order valence-corrected chi connectivity index (χ4v) is 5.31. The van der Waals surface area contributed by atoms with Gasteiger partial charge in [-0.15, -0.1) is 11.3 Å². The molecule has 278 valence electrons. The molecule has 3 heterocycles. The molecule has 0 spiro atoms. The van der Waals surface area contributed by atoms with Gasteiger partial charge in [-0.05, 0) is 55.4 Å². The summed E-state index contributed by atoms with van der Waals surface area (Å²) in [5, 5.41) is 24.9. The number of β-lactam (4-membered cyclic amide) rings is 1. The lowest BCUT2D eigenvalue weighted by atomic mass is 10.1. The fraction of sp³-hybridized carbons (Fsp3) is 0.464. The second kappa shape index (κ2) is 14.8. The van der Waals surface area contributed by atoms with Gasteiger partial charge in [0.25, 0.3) is 11.8 Å². The topological polar surface area (TPSA) is 304 Å². The molecule has 2 aromatic heterocycles. The molecule has 0 saturated carbocycles. The molecule has 7 N–H and O–H groups in total. The lowest BCUT2D eigenvalue weighted by Crippen LogP contribution is -2.76. The number of oxime groups is 1. The molecule has 1 aliphatic rings. The number of esters is 1. The molecule has 0 radical (unpaired) electrons. The number of pyridine rings is 1. The molecular formula is C28H37N9O12S2. The molecule has 1 fully saturated rings. The quantitative estimate of drug-likeness (QED) is 0.0406. The maximum atomic E-state index is 13.7. The van der Waals surface area contributed by atoms with E-state index in [2.05, 4.69) is 36.2 Å². The van der Waals surface area contributed by atoms with Crippen LogP contribution in [0.15, 0.2) is 38.9 Å². The summed E-state index contributed by atoms with van der Waals surface area (Å²) in [5.74, 6) is -3.99. The van der Waals surface area contributed by atoms with Crippen LogP contribution in [0, 0.1) is 5.53 Å². The van der Waals surface area contributed by atoms with Crippen molar-refractivity contribution in [2.75, 3.05) is 5.32 Å². The average molecular weight is 756 g/mol. The lowest BCUT2D eigenvalue weighted by Gasteiger charge is -2.44. The largest absolute Gasteiger partial charge is 0.503 e. The van der Waals surface area contributed by atoms with Crippen LogP contribution in [-0.2, 0) is 39.0 Å². The first-order chi connectivity index (χ1) is 23.3. The number of hydrogen-bond donors (Lipinski definition) is 7. The number of nitrogens with zero attached hydrogens (tertiary/aromatic N) is 4. The molecule has 2 atom stereocenters. The maximum absolute atomic E-state index is 13.7. The van der Waals surface area contributed by atoms with E-state index in [0.29, 0.717) is 0 Å². The van der Waals surface area contributed by atoms with Crippen LogP contribution in [0.4, 0.5) is 9.93 Å². The third-order valence-electron chi connectivity index (χ3n) is 6.09. The molecule has 1 unspecified atom stereocenters. The SMILES string of the molecule is CC(C)(C)OC(=O)Nc1nc(/C(=N/OC(C)(C)C(=O)OC(C)(C)C)C(=O)N[C@@H]2C(=O)N(S(=O)(=O)O)C2N/C=C(\N=N)c2cc(=O)c(O)c[nH]2)cs1. The van der Waals surface area contributed by atoms with Crippen molar-refractivity contribution in [1.82, 2.24) is 24.9 Å². The van der Waals surface area contributed by atoms with Crippen molar-refractivity contribution in [3.63, 3.8) is 0 Å². The van der Waals surface area contributed by atoms with Crippen LogP contribution < -0.4 is 21.4 Å². The highest BCUT2D eigenvalue weighted by molar-refractivity contribution is 7.84. The zero-order valence-electron chi connectivity index (χ0n) is 28.5. The summed E-state index contributed by atoms with van der Waals surface area (Å²) in [6.07, 6.45) is -0.773. The van der Waals surface area contributed by atoms with Crippen LogP contribution in [0.3, 0.4) is 0 Å². The summed E-state index contributed by atoms with van der Waals surface area (Å²) >= 11 is 0.846. The van der Waals surface area contributed by atoms with Gasteiger partial charge in [-0.2, -0.15) is 17.8 Å². The average Bonchev–Trinajstić information content (AvgIpc) is 3.42. The monoisotopic (exact) mass is 755 g/mol. The first-order valence-corrected chi connectivity index (χ1v) is 16.9. The molecule has 23 heteroatoms. The first kappa shape index (κ1) is 40.0. The molecule has 3 amide bonds. The van der Waals surface area contributed by atoms with Crippen molar-refractivity contribution >= 4 is 62.1 Å². The van der Waals surface area contributed by atoms with Gasteiger partial charge >= 0.3 is 22.4 Å². The third-order valence-corrected chi connectivity index (χ3v) is 7.75. The Morgan fingerprint density at radius 2 is 1.73 bits per heavy atom. The molecule has 1 saturated heterocycles. The highest BCUT2D eigenvalue weighted by atomic mass is 32.2. The number of aromatic amines is 1. The second-order valence-electron chi connectivity index (χ2n) is 13.1. The van der Waals surface area contributed by atoms with Gasteiger partial charge < -0.3 is 35.0 Å². The van der Waals surface area contributed by atoms with Gasteiger partial charge in [-0.1, -0.05) is 5.16 Å². The number of ether oxygens (including phenoxy) is 2. The Labute approximate surface area is 294 Å². The van der Waals surface area contributed by atoms with Gasteiger partial charge in [0, 0.05) is 23.8 Å². The van der Waals surface area contributed by atoms with E-state index in [0.717, 1.165) is 29.8 Å². The number of aromatic nitrogens is 2. The Morgan fingerprint density at radius 3 is 2.27 bits per heavy atom. The number of H-pyrrole nitrogens is 1. The number of carbonyl (C=O) groups is 4. The Kier molecular flexibility index (Phi) is 11.6. The van der Waals surface area contributed by atoms with E-state index < -0.39 is 80.1 Å². The minimum Gasteiger partial charge on any atom is -0.503 e. The van der Waals surface area contributed by atoms with Crippen LogP contribution in [0.2, 0.25) is 0 Å². The number of amides is 3. The molecule has 3 rings (SSSR count). The minimum absolute atomic E-state index is 0.0137. The Morgan fingerprint density at radius 1 is 1.10 bits per heavy atom. The van der Waals surface area contributed by atoms with E-state index in [1.165, 1.54) is 19.2 Å². The Balaban J connectivity index is 1.98. The van der Waals surface area contributed by atoms with Crippen molar-refractivity contribution in [2.45, 2.75) is 84.4 Å². The van der Waals surface area contributed by atoms with Crippen LogP contribution in [0.1, 0.15) is 66.8 Å². The zero-order chi connectivity index (χ0) is 38.7. The van der Waals surface area contributed by atoms with Crippen molar-refractivity contribution in [3.8, 4) is 5.75 Å². The summed E-state index contributed by atoms with van der Waals surface area (Å²) in [7, 11) is -5.21. The number of rotatable bonds is 12. The highest BCUT2D eigenvalue weighted by Gasteiger charge is 2.54. The van der Waals surface area contributed by atoms with E-state index in [1.807, 2.05) is 0 Å². The molecule has 0 bridgehead atoms. The standard InChI is InChI=1S/C28H37N9O12S2/c1-26(2,3)47-23(42)28(7,8)49-36-18(15-12-50-24(32-15)34-25(43)48-27(4,5)6)21(40)33-19-20(37(22(19)41)51(44,45)46)31-10-14(35-29)13-9-16(38)17(39)11-30-13/h9-12,19-20,29,31,39H,1-8H3,(H,30,38)(H,33,40)(H,32,34,43)(H,44,45,46)/b14-10-,35-29?,36-18-/t19-,20?/m0/s1. The summed E-state index contributed by atoms with van der Waals surface area (Å²) in [6, 6.07) is -0.850. The van der Waals surface area contributed by atoms with Gasteiger partial charge in [-0.3, -0.25) is 24.3 Å². The van der Waals surface area contributed by atoms with E-state index in [4.69, 9.17) is 19.8 Å². The van der Waals surface area contributed by atoms with Crippen molar-refractivity contribution in [1.29, 1.82) is 5.53 Å².